The van der Waals surface area contributed by atoms with Crippen molar-refractivity contribution < 1.29 is 24.4 Å². The summed E-state index contributed by atoms with van der Waals surface area (Å²) in [6.07, 6.45) is 1.80. The number of para-hydroxylation sites is 1. The fourth-order valence-corrected chi connectivity index (χ4v) is 5.72. The Morgan fingerprint density at radius 1 is 1.07 bits per heavy atom. The average molecular weight is 582 g/mol. The smallest absolute Gasteiger partial charge is 0.380 e. The Kier molecular flexibility index (Phi) is 7.77. The number of aromatic nitrogens is 2. The summed E-state index contributed by atoms with van der Waals surface area (Å²) < 4.78 is 14.4. The summed E-state index contributed by atoms with van der Waals surface area (Å²) in [5.74, 6) is 2.89. The summed E-state index contributed by atoms with van der Waals surface area (Å²) in [6, 6.07) is 21.7. The zero-order valence-electron chi connectivity index (χ0n) is 24.9. The molecule has 9 nitrogen and oxygen atoms in total. The molecule has 0 bridgehead atoms. The molecule has 9 heteroatoms. The van der Waals surface area contributed by atoms with E-state index in [-0.39, 0.29) is 11.2 Å². The molecule has 43 heavy (non-hydrogen) atoms. The molecular formula is C34H37N4O5+. The van der Waals surface area contributed by atoms with Gasteiger partial charge in [-0.3, -0.25) is 0 Å². The third kappa shape index (κ3) is 5.78. The van der Waals surface area contributed by atoms with Crippen LogP contribution in [0, 0.1) is 0 Å². The van der Waals surface area contributed by atoms with E-state index in [1.807, 2.05) is 73.7 Å². The van der Waals surface area contributed by atoms with Crippen LogP contribution in [0.4, 0.5) is 0 Å². The normalized spacial score (nSPS) is 16.8. The molecule has 0 amide bonds. The number of amidine groups is 1. The number of aliphatic hydroxyl groups is 1. The predicted octanol–water partition coefficient (Wildman–Crippen LogP) is 4.96. The molecule has 0 fully saturated rings. The molecule has 1 atom stereocenters. The lowest BCUT2D eigenvalue weighted by Crippen LogP contribution is -2.36. The van der Waals surface area contributed by atoms with E-state index in [2.05, 4.69) is 36.2 Å². The fraction of sp³-hybridized carbons (Fsp3) is 0.324. The molecule has 3 heterocycles. The first-order valence-electron chi connectivity index (χ1n) is 14.8. The van der Waals surface area contributed by atoms with E-state index < -0.39 is 6.41 Å². The number of aliphatic imine (C=N–C) groups is 1. The highest BCUT2D eigenvalue weighted by atomic mass is 16.7. The van der Waals surface area contributed by atoms with Crippen LogP contribution in [0.25, 0.3) is 11.1 Å². The van der Waals surface area contributed by atoms with Crippen LogP contribution in [-0.2, 0) is 30.6 Å². The highest BCUT2D eigenvalue weighted by Crippen LogP contribution is 2.43. The van der Waals surface area contributed by atoms with Crippen LogP contribution in [0.15, 0.2) is 76.5 Å². The Balaban J connectivity index is 1.33. The van der Waals surface area contributed by atoms with Gasteiger partial charge in [0.1, 0.15) is 12.1 Å². The first-order chi connectivity index (χ1) is 20.8. The van der Waals surface area contributed by atoms with Gasteiger partial charge in [0, 0.05) is 30.4 Å². The van der Waals surface area contributed by atoms with Gasteiger partial charge in [-0.05, 0) is 43.0 Å². The maximum Gasteiger partial charge on any atom is 0.380 e. The third-order valence-corrected chi connectivity index (χ3v) is 7.73. The molecule has 4 aromatic rings. The highest BCUT2D eigenvalue weighted by molar-refractivity contribution is 6.04. The SMILES string of the molecule is CCCc1[nH+]c(CC)c(Oc2cccc3c2OC(C)(C)C3)c(=O)n1Cc1ccc(-c2ccccc2C2=NC(O)ON2)cc1. The Morgan fingerprint density at radius 2 is 1.84 bits per heavy atom. The van der Waals surface area contributed by atoms with Gasteiger partial charge in [-0.2, -0.15) is 4.57 Å². The van der Waals surface area contributed by atoms with Crippen molar-refractivity contribution in [2.24, 2.45) is 4.99 Å². The van der Waals surface area contributed by atoms with Crippen molar-refractivity contribution in [3.05, 3.63) is 105 Å². The quantitative estimate of drug-likeness (QED) is 0.289. The van der Waals surface area contributed by atoms with Gasteiger partial charge < -0.3 is 14.6 Å². The summed E-state index contributed by atoms with van der Waals surface area (Å²) in [4.78, 5) is 26.7. The highest BCUT2D eigenvalue weighted by Gasteiger charge is 2.33. The van der Waals surface area contributed by atoms with Crippen molar-refractivity contribution in [2.45, 2.75) is 71.9 Å². The van der Waals surface area contributed by atoms with Crippen LogP contribution in [0.1, 0.15) is 62.3 Å². The Morgan fingerprint density at radius 3 is 2.53 bits per heavy atom. The minimum absolute atomic E-state index is 0.174. The molecule has 0 saturated carbocycles. The van der Waals surface area contributed by atoms with Gasteiger partial charge in [0.05, 0.1) is 0 Å². The first kappa shape index (κ1) is 28.6. The molecule has 3 N–H and O–H groups in total. The van der Waals surface area contributed by atoms with Crippen molar-refractivity contribution in [3.8, 4) is 28.4 Å². The van der Waals surface area contributed by atoms with Crippen LogP contribution in [0.2, 0.25) is 0 Å². The maximum atomic E-state index is 14.1. The number of fused-ring (bicyclic) bond motifs is 1. The average Bonchev–Trinajstić information content (AvgIpc) is 3.58. The molecule has 1 aromatic heterocycles. The Hall–Kier alpha value is -4.47. The summed E-state index contributed by atoms with van der Waals surface area (Å²) in [5, 5.41) is 9.66. The molecule has 0 aliphatic carbocycles. The summed E-state index contributed by atoms with van der Waals surface area (Å²) in [7, 11) is 0. The number of H-pyrrole nitrogens is 1. The van der Waals surface area contributed by atoms with Crippen molar-refractivity contribution in [1.29, 1.82) is 0 Å². The van der Waals surface area contributed by atoms with Crippen LogP contribution < -0.4 is 25.5 Å². The van der Waals surface area contributed by atoms with E-state index >= 15 is 0 Å². The third-order valence-electron chi connectivity index (χ3n) is 7.73. The number of nitrogens with one attached hydrogen (secondary N) is 2. The zero-order valence-corrected chi connectivity index (χ0v) is 24.9. The number of nitrogens with zero attached hydrogens (tertiary/aromatic N) is 2. The Bertz CT molecular complexity index is 1740. The molecule has 0 spiro atoms. The lowest BCUT2D eigenvalue weighted by Gasteiger charge is -2.18. The molecule has 0 saturated heterocycles. The molecule has 222 valence electrons. The summed E-state index contributed by atoms with van der Waals surface area (Å²) in [6.45, 7) is 8.61. The van der Waals surface area contributed by atoms with Crippen molar-refractivity contribution in [1.82, 2.24) is 10.0 Å². The van der Waals surface area contributed by atoms with Crippen LogP contribution >= 0.6 is 0 Å². The van der Waals surface area contributed by atoms with Crippen molar-refractivity contribution in [3.63, 3.8) is 0 Å². The van der Waals surface area contributed by atoms with E-state index in [9.17, 15) is 9.90 Å². The second kappa shape index (κ2) is 11.7. The molecule has 6 rings (SSSR count). The fourth-order valence-electron chi connectivity index (χ4n) is 5.72. The number of aromatic amines is 1. The molecule has 2 aliphatic rings. The molecular weight excluding hydrogens is 544 g/mol. The molecule has 1 unspecified atom stereocenters. The van der Waals surface area contributed by atoms with Gasteiger partial charge in [-0.15, -0.1) is 0 Å². The van der Waals surface area contributed by atoms with Gasteiger partial charge in [0.25, 0.3) is 18.0 Å². The number of rotatable bonds is 9. The lowest BCUT2D eigenvalue weighted by atomic mass is 9.98. The monoisotopic (exact) mass is 581 g/mol. The van der Waals surface area contributed by atoms with Gasteiger partial charge >= 0.3 is 5.56 Å². The van der Waals surface area contributed by atoms with Crippen LogP contribution in [0.5, 0.6) is 17.2 Å². The van der Waals surface area contributed by atoms with Crippen molar-refractivity contribution in [2.75, 3.05) is 0 Å². The van der Waals surface area contributed by atoms with E-state index in [0.29, 0.717) is 36.0 Å². The lowest BCUT2D eigenvalue weighted by molar-refractivity contribution is -0.411. The standard InChI is InChI=1S/C34H36N4O5/c1-5-10-28-35-26(6-2)30(41-27-14-9-11-23-19-34(3,4)42-29(23)27)32(39)38(28)20-21-15-17-22(18-16-21)24-12-7-8-13-25(24)31-36-33(40)43-37-31/h7-9,11-18,33,40H,5-6,10,19-20H2,1-4H3,(H,36,37)/p+1. The van der Waals surface area contributed by atoms with E-state index in [1.54, 1.807) is 4.57 Å². The first-order valence-corrected chi connectivity index (χ1v) is 14.8. The summed E-state index contributed by atoms with van der Waals surface area (Å²) >= 11 is 0. The topological polar surface area (TPSA) is 108 Å². The minimum Gasteiger partial charge on any atom is -0.483 e. The second-order valence-electron chi connectivity index (χ2n) is 11.5. The van der Waals surface area contributed by atoms with Crippen LogP contribution in [0.3, 0.4) is 0 Å². The number of hydroxylamine groups is 1. The van der Waals surface area contributed by atoms with Crippen molar-refractivity contribution >= 4 is 5.84 Å². The maximum absolute atomic E-state index is 14.1. The number of aliphatic hydroxyl groups excluding tert-OH is 1. The molecule has 3 aromatic carbocycles. The van der Waals surface area contributed by atoms with Gasteiger partial charge in [-0.25, -0.2) is 25.1 Å². The van der Waals surface area contributed by atoms with E-state index in [0.717, 1.165) is 58.6 Å². The van der Waals surface area contributed by atoms with Gasteiger partial charge in [0.2, 0.25) is 0 Å². The zero-order chi connectivity index (χ0) is 30.1. The molecule has 0 radical (unpaired) electrons. The van der Waals surface area contributed by atoms with Gasteiger partial charge in [-0.1, -0.05) is 74.5 Å². The second-order valence-corrected chi connectivity index (χ2v) is 11.5. The van der Waals surface area contributed by atoms with E-state index in [4.69, 9.17) is 14.3 Å². The Labute approximate surface area is 250 Å². The number of aryl methyl sites for hydroxylation is 2. The minimum atomic E-state index is -1.23. The number of hydrogen-bond acceptors (Lipinski definition) is 7. The number of benzene rings is 3. The number of hydrogen-bond donors (Lipinski definition) is 2. The van der Waals surface area contributed by atoms with E-state index in [1.165, 1.54) is 0 Å². The van der Waals surface area contributed by atoms with Gasteiger partial charge in [0.15, 0.2) is 23.0 Å². The molecule has 2 aliphatic heterocycles. The largest absolute Gasteiger partial charge is 0.483 e. The predicted molar refractivity (Wildman–Crippen MR) is 163 cm³/mol. The summed E-state index contributed by atoms with van der Waals surface area (Å²) in [5.41, 5.74) is 7.75. The number of ether oxygens (including phenoxy) is 2. The van der Waals surface area contributed by atoms with Crippen LogP contribution in [-0.4, -0.2) is 27.5 Å².